The van der Waals surface area contributed by atoms with E-state index in [1.54, 1.807) is 12.5 Å². The molecule has 7 heteroatoms. The Morgan fingerprint density at radius 1 is 1.36 bits per heavy atom. The molecule has 0 fully saturated rings. The van der Waals surface area contributed by atoms with Gasteiger partial charge in [0.05, 0.1) is 4.88 Å². The first-order chi connectivity index (χ1) is 10.5. The van der Waals surface area contributed by atoms with Crippen LogP contribution in [0.25, 0.3) is 10.4 Å². The maximum atomic E-state index is 11.9. The number of amides is 2. The molecular formula is C15H19N3O2S2. The van der Waals surface area contributed by atoms with Crippen molar-refractivity contribution in [2.24, 2.45) is 0 Å². The van der Waals surface area contributed by atoms with E-state index in [9.17, 15) is 9.00 Å². The van der Waals surface area contributed by atoms with Crippen LogP contribution in [0.1, 0.15) is 13.3 Å². The first kappa shape index (κ1) is 16.6. The van der Waals surface area contributed by atoms with Crippen LogP contribution in [0.5, 0.6) is 0 Å². The van der Waals surface area contributed by atoms with Gasteiger partial charge >= 0.3 is 6.03 Å². The molecule has 22 heavy (non-hydrogen) atoms. The molecular weight excluding hydrogens is 318 g/mol. The lowest BCUT2D eigenvalue weighted by Gasteiger charge is -2.12. The molecule has 118 valence electrons. The van der Waals surface area contributed by atoms with Crippen molar-refractivity contribution in [3.8, 4) is 10.4 Å². The average molecular weight is 337 g/mol. The SMILES string of the molecule is C[C@H](CC[S@@](C)=O)NC(=O)Nc1ncc(-c2ccccc2)s1. The Morgan fingerprint density at radius 3 is 2.77 bits per heavy atom. The lowest BCUT2D eigenvalue weighted by molar-refractivity contribution is 0.249. The van der Waals surface area contributed by atoms with Crippen molar-refractivity contribution in [1.82, 2.24) is 10.3 Å². The summed E-state index contributed by atoms with van der Waals surface area (Å²) in [6, 6.07) is 9.58. The van der Waals surface area contributed by atoms with Crippen molar-refractivity contribution in [1.29, 1.82) is 0 Å². The quantitative estimate of drug-likeness (QED) is 0.851. The van der Waals surface area contributed by atoms with Crippen molar-refractivity contribution < 1.29 is 9.00 Å². The minimum Gasteiger partial charge on any atom is -0.335 e. The average Bonchev–Trinajstić information content (AvgIpc) is 2.94. The first-order valence-electron chi connectivity index (χ1n) is 6.93. The number of hydrogen-bond donors (Lipinski definition) is 2. The Kier molecular flexibility index (Phi) is 6.09. The fourth-order valence-corrected chi connectivity index (χ4v) is 3.34. The zero-order valence-electron chi connectivity index (χ0n) is 12.5. The molecule has 1 heterocycles. The molecule has 2 rings (SSSR count). The van der Waals surface area contributed by atoms with Crippen LogP contribution >= 0.6 is 11.3 Å². The second-order valence-corrected chi connectivity index (χ2v) is 7.55. The van der Waals surface area contributed by atoms with E-state index in [-0.39, 0.29) is 12.1 Å². The second kappa shape index (κ2) is 8.05. The number of thiazole rings is 1. The maximum Gasteiger partial charge on any atom is 0.321 e. The van der Waals surface area contributed by atoms with Gasteiger partial charge in [0.1, 0.15) is 0 Å². The normalized spacial score (nSPS) is 13.4. The van der Waals surface area contributed by atoms with Gasteiger partial charge in [-0.25, -0.2) is 9.78 Å². The van der Waals surface area contributed by atoms with Gasteiger partial charge in [-0.2, -0.15) is 0 Å². The third kappa shape index (κ3) is 5.23. The van der Waals surface area contributed by atoms with Crippen LogP contribution in [-0.4, -0.2) is 33.3 Å². The number of carbonyl (C=O) groups excluding carboxylic acids is 1. The van der Waals surface area contributed by atoms with Gasteiger partial charge < -0.3 is 5.32 Å². The molecule has 0 saturated heterocycles. The van der Waals surface area contributed by atoms with Gasteiger partial charge in [-0.05, 0) is 18.9 Å². The molecule has 0 aliphatic heterocycles. The van der Waals surface area contributed by atoms with Crippen LogP contribution in [-0.2, 0) is 10.8 Å². The summed E-state index contributed by atoms with van der Waals surface area (Å²) < 4.78 is 11.0. The molecule has 5 nitrogen and oxygen atoms in total. The monoisotopic (exact) mass is 337 g/mol. The zero-order chi connectivity index (χ0) is 15.9. The van der Waals surface area contributed by atoms with Crippen molar-refractivity contribution in [3.05, 3.63) is 36.5 Å². The molecule has 0 spiro atoms. The number of nitrogens with zero attached hydrogens (tertiary/aromatic N) is 1. The Morgan fingerprint density at radius 2 is 2.09 bits per heavy atom. The Labute approximate surface area is 136 Å². The minimum absolute atomic E-state index is 0.0301. The van der Waals surface area contributed by atoms with Crippen LogP contribution in [0.15, 0.2) is 36.5 Å². The topological polar surface area (TPSA) is 71.1 Å². The smallest absolute Gasteiger partial charge is 0.321 e. The van der Waals surface area contributed by atoms with Crippen molar-refractivity contribution >= 4 is 33.3 Å². The van der Waals surface area contributed by atoms with Crippen LogP contribution < -0.4 is 10.6 Å². The van der Waals surface area contributed by atoms with Gasteiger partial charge in [0.15, 0.2) is 5.13 Å². The summed E-state index contributed by atoms with van der Waals surface area (Å²) in [6.45, 7) is 1.89. The molecule has 2 N–H and O–H groups in total. The highest BCUT2D eigenvalue weighted by Gasteiger charge is 2.10. The second-order valence-electron chi connectivity index (χ2n) is 4.96. The molecule has 2 aromatic rings. The van der Waals surface area contributed by atoms with Gasteiger partial charge in [-0.15, -0.1) is 0 Å². The maximum absolute atomic E-state index is 11.9. The summed E-state index contributed by atoms with van der Waals surface area (Å²) in [7, 11) is -0.839. The van der Waals surface area contributed by atoms with Crippen molar-refractivity contribution in [3.63, 3.8) is 0 Å². The Bertz CT molecular complexity index is 643. The molecule has 0 aliphatic carbocycles. The molecule has 0 saturated carbocycles. The van der Waals surface area contributed by atoms with E-state index in [1.165, 1.54) is 11.3 Å². The highest BCUT2D eigenvalue weighted by atomic mass is 32.2. The summed E-state index contributed by atoms with van der Waals surface area (Å²) in [5.41, 5.74) is 1.08. The number of urea groups is 1. The van der Waals surface area contributed by atoms with E-state index in [4.69, 9.17) is 0 Å². The largest absolute Gasteiger partial charge is 0.335 e. The van der Waals surface area contributed by atoms with Gasteiger partial charge in [-0.1, -0.05) is 41.7 Å². The zero-order valence-corrected chi connectivity index (χ0v) is 14.2. The lowest BCUT2D eigenvalue weighted by Crippen LogP contribution is -2.36. The van der Waals surface area contributed by atoms with Crippen LogP contribution in [0.3, 0.4) is 0 Å². The Balaban J connectivity index is 1.87. The van der Waals surface area contributed by atoms with Crippen LogP contribution in [0.2, 0.25) is 0 Å². The third-order valence-electron chi connectivity index (χ3n) is 3.00. The first-order valence-corrected chi connectivity index (χ1v) is 9.48. The fraction of sp³-hybridized carbons (Fsp3) is 0.333. The van der Waals surface area contributed by atoms with E-state index in [0.717, 1.165) is 10.4 Å². The van der Waals surface area contributed by atoms with E-state index >= 15 is 0 Å². The number of aromatic nitrogens is 1. The Hall–Kier alpha value is -1.73. The predicted octanol–water partition coefficient (Wildman–Crippen LogP) is 3.09. The molecule has 1 aromatic heterocycles. The van der Waals surface area contributed by atoms with E-state index < -0.39 is 10.8 Å². The predicted molar refractivity (Wildman–Crippen MR) is 92.7 cm³/mol. The highest BCUT2D eigenvalue weighted by Crippen LogP contribution is 2.28. The minimum atomic E-state index is -0.839. The summed E-state index contributed by atoms with van der Waals surface area (Å²) in [5.74, 6) is 0.580. The van der Waals surface area contributed by atoms with E-state index in [2.05, 4.69) is 15.6 Å². The van der Waals surface area contributed by atoms with E-state index in [0.29, 0.717) is 17.3 Å². The molecule has 0 unspecified atom stereocenters. The molecule has 0 radical (unpaired) electrons. The molecule has 2 atom stereocenters. The number of nitrogens with one attached hydrogen (secondary N) is 2. The summed E-state index contributed by atoms with van der Waals surface area (Å²) >= 11 is 1.43. The van der Waals surface area contributed by atoms with Gasteiger partial charge in [-0.3, -0.25) is 9.53 Å². The van der Waals surface area contributed by atoms with Crippen LogP contribution in [0, 0.1) is 0 Å². The van der Waals surface area contributed by atoms with Gasteiger partial charge in [0.25, 0.3) is 0 Å². The molecule has 2 amide bonds. The van der Waals surface area contributed by atoms with Crippen LogP contribution in [0.4, 0.5) is 9.93 Å². The van der Waals surface area contributed by atoms with Gasteiger partial charge in [0.2, 0.25) is 0 Å². The summed E-state index contributed by atoms with van der Waals surface area (Å²) in [5, 5.41) is 6.11. The standard InChI is InChI=1S/C15H19N3O2S2/c1-11(8-9-22(2)20)17-14(19)18-15-16-10-13(21-15)12-6-4-3-5-7-12/h3-7,10-11H,8-9H2,1-2H3,(H2,16,17,18,19)/t11-,22-/m1/s1. The number of carbonyl (C=O) groups is 1. The molecule has 1 aromatic carbocycles. The van der Waals surface area contributed by atoms with Crippen molar-refractivity contribution in [2.45, 2.75) is 19.4 Å². The molecule has 0 bridgehead atoms. The van der Waals surface area contributed by atoms with E-state index in [1.807, 2.05) is 37.3 Å². The number of anilines is 1. The lowest BCUT2D eigenvalue weighted by atomic mass is 10.2. The third-order valence-corrected chi connectivity index (χ3v) is 4.77. The highest BCUT2D eigenvalue weighted by molar-refractivity contribution is 7.84. The summed E-state index contributed by atoms with van der Waals surface area (Å²) in [4.78, 5) is 17.1. The number of benzene rings is 1. The fourth-order valence-electron chi connectivity index (χ4n) is 1.84. The number of rotatable bonds is 6. The van der Waals surface area contributed by atoms with Crippen molar-refractivity contribution in [2.75, 3.05) is 17.3 Å². The molecule has 0 aliphatic rings. The van der Waals surface area contributed by atoms with Gasteiger partial charge in [0, 0.05) is 35.0 Å². The summed E-state index contributed by atoms with van der Waals surface area (Å²) in [6.07, 6.45) is 4.09. The number of hydrogen-bond acceptors (Lipinski definition) is 4.